The lowest BCUT2D eigenvalue weighted by Crippen LogP contribution is -2.31. The summed E-state index contributed by atoms with van der Waals surface area (Å²) in [5.41, 5.74) is 1.41. The molecule has 0 saturated heterocycles. The molecule has 5 heteroatoms. The standard InChI is InChI=1S/C14H18N2O3/c1-3-9-15-14(18)16-10-11-5-7-12(8-6-11)13(17)19-4-2/h3,5-9H,4,10H2,1-2H3,(H2,15,16,18)/b9-3+. The first-order chi connectivity index (χ1) is 9.17. The predicted molar refractivity (Wildman–Crippen MR) is 72.6 cm³/mol. The Hall–Kier alpha value is -2.30. The second kappa shape index (κ2) is 7.92. The van der Waals surface area contributed by atoms with Crippen LogP contribution >= 0.6 is 0 Å². The molecule has 1 aromatic carbocycles. The van der Waals surface area contributed by atoms with Gasteiger partial charge in [-0.15, -0.1) is 0 Å². The number of urea groups is 1. The summed E-state index contributed by atoms with van der Waals surface area (Å²) in [6, 6.07) is 6.65. The highest BCUT2D eigenvalue weighted by atomic mass is 16.5. The Labute approximate surface area is 112 Å². The highest BCUT2D eigenvalue weighted by Crippen LogP contribution is 2.05. The summed E-state index contributed by atoms with van der Waals surface area (Å²) >= 11 is 0. The first kappa shape index (κ1) is 14.8. The summed E-state index contributed by atoms with van der Waals surface area (Å²) in [7, 11) is 0. The molecular formula is C14H18N2O3. The molecule has 0 aromatic heterocycles. The molecule has 1 aromatic rings. The van der Waals surface area contributed by atoms with E-state index in [1.807, 2.05) is 6.92 Å². The molecule has 0 spiro atoms. The Kier molecular flexibility index (Phi) is 6.15. The van der Waals surface area contributed by atoms with Crippen LogP contribution in [0.1, 0.15) is 29.8 Å². The molecule has 0 saturated carbocycles. The number of nitrogens with one attached hydrogen (secondary N) is 2. The van der Waals surface area contributed by atoms with E-state index in [0.717, 1.165) is 5.56 Å². The van der Waals surface area contributed by atoms with E-state index in [2.05, 4.69) is 10.6 Å². The summed E-state index contributed by atoms with van der Waals surface area (Å²) in [4.78, 5) is 22.7. The molecule has 0 heterocycles. The van der Waals surface area contributed by atoms with Crippen LogP contribution in [-0.4, -0.2) is 18.6 Å². The molecule has 102 valence electrons. The SMILES string of the molecule is C/C=C/NC(=O)NCc1ccc(C(=O)OCC)cc1. The molecule has 0 aliphatic carbocycles. The van der Waals surface area contributed by atoms with Gasteiger partial charge < -0.3 is 15.4 Å². The van der Waals surface area contributed by atoms with Gasteiger partial charge in [0.25, 0.3) is 0 Å². The van der Waals surface area contributed by atoms with Crippen molar-refractivity contribution in [3.8, 4) is 0 Å². The maximum atomic E-state index is 11.4. The number of ether oxygens (including phenoxy) is 1. The summed E-state index contributed by atoms with van der Waals surface area (Å²) in [5.74, 6) is -0.340. The zero-order valence-electron chi connectivity index (χ0n) is 11.1. The average Bonchev–Trinajstić information content (AvgIpc) is 2.43. The van der Waals surface area contributed by atoms with Crippen molar-refractivity contribution in [1.82, 2.24) is 10.6 Å². The topological polar surface area (TPSA) is 67.4 Å². The fourth-order valence-electron chi connectivity index (χ4n) is 1.37. The van der Waals surface area contributed by atoms with Gasteiger partial charge in [-0.25, -0.2) is 9.59 Å². The number of rotatable bonds is 5. The van der Waals surface area contributed by atoms with Gasteiger partial charge in [0.15, 0.2) is 0 Å². The summed E-state index contributed by atoms with van der Waals surface area (Å²) in [6.45, 7) is 4.33. The van der Waals surface area contributed by atoms with Crippen LogP contribution in [0.3, 0.4) is 0 Å². The molecule has 2 N–H and O–H groups in total. The van der Waals surface area contributed by atoms with E-state index in [4.69, 9.17) is 4.74 Å². The predicted octanol–water partition coefficient (Wildman–Crippen LogP) is 2.20. The quantitative estimate of drug-likeness (QED) is 0.799. The highest BCUT2D eigenvalue weighted by Gasteiger charge is 2.05. The lowest BCUT2D eigenvalue weighted by Gasteiger charge is -2.06. The number of carbonyl (C=O) groups is 2. The minimum atomic E-state index is -0.340. The Morgan fingerprint density at radius 2 is 1.95 bits per heavy atom. The average molecular weight is 262 g/mol. The van der Waals surface area contributed by atoms with E-state index in [1.165, 1.54) is 0 Å². The lowest BCUT2D eigenvalue weighted by molar-refractivity contribution is 0.0526. The Bertz CT molecular complexity index is 452. The zero-order chi connectivity index (χ0) is 14.1. The normalized spacial score (nSPS) is 10.2. The van der Waals surface area contributed by atoms with Crippen LogP contribution in [0.4, 0.5) is 4.79 Å². The van der Waals surface area contributed by atoms with Gasteiger partial charge in [-0.1, -0.05) is 18.2 Å². The van der Waals surface area contributed by atoms with E-state index in [1.54, 1.807) is 43.5 Å². The highest BCUT2D eigenvalue weighted by molar-refractivity contribution is 5.89. The molecule has 0 aliphatic heterocycles. The number of benzene rings is 1. The van der Waals surface area contributed by atoms with Crippen molar-refractivity contribution in [3.05, 3.63) is 47.7 Å². The van der Waals surface area contributed by atoms with E-state index in [-0.39, 0.29) is 12.0 Å². The molecule has 1 rings (SSSR count). The second-order valence-electron chi connectivity index (χ2n) is 3.74. The zero-order valence-corrected chi connectivity index (χ0v) is 11.1. The van der Waals surface area contributed by atoms with Crippen molar-refractivity contribution in [2.24, 2.45) is 0 Å². The minimum absolute atomic E-state index is 0.271. The van der Waals surface area contributed by atoms with E-state index in [0.29, 0.717) is 18.7 Å². The number of hydrogen-bond acceptors (Lipinski definition) is 3. The van der Waals surface area contributed by atoms with Crippen molar-refractivity contribution >= 4 is 12.0 Å². The number of hydrogen-bond donors (Lipinski definition) is 2. The molecule has 0 atom stereocenters. The molecule has 2 amide bonds. The smallest absolute Gasteiger partial charge is 0.338 e. The van der Waals surface area contributed by atoms with Crippen LogP contribution in [0.25, 0.3) is 0 Å². The monoisotopic (exact) mass is 262 g/mol. The number of amides is 2. The molecule has 0 radical (unpaired) electrons. The summed E-state index contributed by atoms with van der Waals surface area (Å²) in [6.07, 6.45) is 3.28. The molecule has 0 aliphatic rings. The molecule has 0 unspecified atom stereocenters. The lowest BCUT2D eigenvalue weighted by atomic mass is 10.1. The first-order valence-electron chi connectivity index (χ1n) is 6.09. The van der Waals surface area contributed by atoms with Crippen molar-refractivity contribution in [3.63, 3.8) is 0 Å². The van der Waals surface area contributed by atoms with Gasteiger partial charge in [-0.2, -0.15) is 0 Å². The third-order valence-electron chi connectivity index (χ3n) is 2.30. The van der Waals surface area contributed by atoms with E-state index < -0.39 is 0 Å². The second-order valence-corrected chi connectivity index (χ2v) is 3.74. The van der Waals surface area contributed by atoms with Crippen molar-refractivity contribution in [1.29, 1.82) is 0 Å². The van der Waals surface area contributed by atoms with Gasteiger partial charge in [0.2, 0.25) is 0 Å². The number of carbonyl (C=O) groups excluding carboxylic acids is 2. The van der Waals surface area contributed by atoms with Crippen molar-refractivity contribution < 1.29 is 14.3 Å². The largest absolute Gasteiger partial charge is 0.462 e. The minimum Gasteiger partial charge on any atom is -0.462 e. The van der Waals surface area contributed by atoms with Crippen LogP contribution in [-0.2, 0) is 11.3 Å². The van der Waals surface area contributed by atoms with Gasteiger partial charge in [-0.05, 0) is 31.5 Å². The maximum absolute atomic E-state index is 11.4. The maximum Gasteiger partial charge on any atom is 0.338 e. The van der Waals surface area contributed by atoms with Crippen LogP contribution in [0.5, 0.6) is 0 Å². The fraction of sp³-hybridized carbons (Fsp3) is 0.286. The van der Waals surface area contributed by atoms with Crippen molar-refractivity contribution in [2.45, 2.75) is 20.4 Å². The Morgan fingerprint density at radius 3 is 2.53 bits per heavy atom. The molecule has 0 bridgehead atoms. The molecule has 19 heavy (non-hydrogen) atoms. The van der Waals surface area contributed by atoms with Crippen LogP contribution < -0.4 is 10.6 Å². The van der Waals surface area contributed by atoms with Crippen LogP contribution in [0.2, 0.25) is 0 Å². The van der Waals surface area contributed by atoms with Gasteiger partial charge >= 0.3 is 12.0 Å². The van der Waals surface area contributed by atoms with Gasteiger partial charge in [0.1, 0.15) is 0 Å². The van der Waals surface area contributed by atoms with E-state index >= 15 is 0 Å². The Balaban J connectivity index is 2.48. The molecular weight excluding hydrogens is 244 g/mol. The van der Waals surface area contributed by atoms with Gasteiger partial charge in [0.05, 0.1) is 12.2 Å². The molecule has 5 nitrogen and oxygen atoms in total. The fourth-order valence-corrected chi connectivity index (χ4v) is 1.37. The summed E-state index contributed by atoms with van der Waals surface area (Å²) in [5, 5.41) is 5.23. The first-order valence-corrected chi connectivity index (χ1v) is 6.09. The molecule has 0 fully saturated rings. The van der Waals surface area contributed by atoms with Gasteiger partial charge in [-0.3, -0.25) is 0 Å². The summed E-state index contributed by atoms with van der Waals surface area (Å²) < 4.78 is 4.88. The van der Waals surface area contributed by atoms with Crippen LogP contribution in [0.15, 0.2) is 36.5 Å². The van der Waals surface area contributed by atoms with Crippen LogP contribution in [0, 0.1) is 0 Å². The number of allylic oxidation sites excluding steroid dienone is 1. The Morgan fingerprint density at radius 1 is 1.26 bits per heavy atom. The van der Waals surface area contributed by atoms with Crippen molar-refractivity contribution in [2.75, 3.05) is 6.61 Å². The third-order valence-corrected chi connectivity index (χ3v) is 2.30. The third kappa shape index (κ3) is 5.25. The van der Waals surface area contributed by atoms with E-state index in [9.17, 15) is 9.59 Å². The number of esters is 1. The van der Waals surface area contributed by atoms with Gasteiger partial charge in [0, 0.05) is 12.7 Å².